The van der Waals surface area contributed by atoms with Crippen molar-refractivity contribution in [3.8, 4) is 0 Å². The summed E-state index contributed by atoms with van der Waals surface area (Å²) in [6.45, 7) is 2.72. The van der Waals surface area contributed by atoms with E-state index in [0.717, 1.165) is 12.8 Å². The highest BCUT2D eigenvalue weighted by Gasteiger charge is 2.46. The normalized spacial score (nSPS) is 27.1. The van der Waals surface area contributed by atoms with Crippen molar-refractivity contribution in [3.63, 3.8) is 0 Å². The molecule has 2 heterocycles. The van der Waals surface area contributed by atoms with Gasteiger partial charge in [-0.3, -0.25) is 9.59 Å². The van der Waals surface area contributed by atoms with Gasteiger partial charge in [-0.15, -0.1) is 11.3 Å². The molecule has 2 aliphatic rings. The van der Waals surface area contributed by atoms with Crippen LogP contribution in [0, 0.1) is 5.92 Å². The van der Waals surface area contributed by atoms with Crippen LogP contribution in [-0.4, -0.2) is 48.3 Å². The number of carbonyl (C=O) groups excluding carboxylic acids is 2. The number of hydrogen-bond donors (Lipinski definition) is 0. The Morgan fingerprint density at radius 1 is 1.33 bits per heavy atom. The van der Waals surface area contributed by atoms with Gasteiger partial charge in [0.15, 0.2) is 0 Å². The number of piperazine rings is 1. The maximum atomic E-state index is 12.3. The van der Waals surface area contributed by atoms with Gasteiger partial charge in [0.25, 0.3) is 0 Å². The molecule has 4 nitrogen and oxygen atoms in total. The molecular weight excluding hydrogens is 248 g/mol. The minimum absolute atomic E-state index is 0.187. The predicted molar refractivity (Wildman–Crippen MR) is 69.4 cm³/mol. The quantitative estimate of drug-likeness (QED) is 0.769. The lowest BCUT2D eigenvalue weighted by molar-refractivity contribution is -0.136. The third-order valence-electron chi connectivity index (χ3n) is 3.79. The van der Waals surface area contributed by atoms with Gasteiger partial charge >= 0.3 is 0 Å². The van der Waals surface area contributed by atoms with Crippen LogP contribution in [0.5, 0.6) is 0 Å². The zero-order chi connectivity index (χ0) is 12.5. The van der Waals surface area contributed by atoms with Gasteiger partial charge in [0.1, 0.15) is 0 Å². The Labute approximate surface area is 110 Å². The smallest absolute Gasteiger partial charge is 0.226 e. The van der Waals surface area contributed by atoms with E-state index in [1.54, 1.807) is 16.2 Å². The molecule has 1 aromatic rings. The van der Waals surface area contributed by atoms with Gasteiger partial charge in [0, 0.05) is 42.9 Å². The van der Waals surface area contributed by atoms with Crippen LogP contribution < -0.4 is 0 Å². The fourth-order valence-electron chi connectivity index (χ4n) is 2.57. The first-order valence-electron chi connectivity index (χ1n) is 6.31. The molecule has 3 rings (SSSR count). The first kappa shape index (κ1) is 11.7. The number of hydrogen-bond acceptors (Lipinski definition) is 3. The fraction of sp³-hybridized carbons (Fsp3) is 0.538. The Morgan fingerprint density at radius 3 is 2.72 bits per heavy atom. The summed E-state index contributed by atoms with van der Waals surface area (Å²) in [5, 5.41) is 2.07. The Bertz CT molecular complexity index is 438. The van der Waals surface area contributed by atoms with Crippen LogP contribution in [0.1, 0.15) is 17.2 Å². The summed E-state index contributed by atoms with van der Waals surface area (Å²) >= 11 is 1.74. The average Bonchev–Trinajstić information content (AvgIpc) is 3.03. The van der Waals surface area contributed by atoms with E-state index in [2.05, 4.69) is 11.4 Å². The lowest BCUT2D eigenvalue weighted by Gasteiger charge is -2.32. The summed E-state index contributed by atoms with van der Waals surface area (Å²) in [5.74, 6) is 0.909. The largest absolute Gasteiger partial charge is 0.342 e. The zero-order valence-corrected chi connectivity index (χ0v) is 10.9. The highest BCUT2D eigenvalue weighted by atomic mass is 32.1. The van der Waals surface area contributed by atoms with Crippen LogP contribution in [0.3, 0.4) is 0 Å². The average molecular weight is 264 g/mol. The topological polar surface area (TPSA) is 40.6 Å². The number of carbonyl (C=O) groups is 2. The monoisotopic (exact) mass is 264 g/mol. The number of rotatable bonds is 3. The molecule has 1 aromatic heterocycles. The third kappa shape index (κ3) is 2.14. The molecule has 96 valence electrons. The fourth-order valence-corrected chi connectivity index (χ4v) is 3.47. The molecule has 2 fully saturated rings. The second-order valence-electron chi connectivity index (χ2n) is 4.93. The highest BCUT2D eigenvalue weighted by Crippen LogP contribution is 2.49. The van der Waals surface area contributed by atoms with E-state index in [0.29, 0.717) is 32.1 Å². The molecule has 0 aromatic carbocycles. The summed E-state index contributed by atoms with van der Waals surface area (Å²) in [6.07, 6.45) is 1.86. The van der Waals surface area contributed by atoms with Gasteiger partial charge in [-0.25, -0.2) is 0 Å². The minimum atomic E-state index is 0.187. The van der Waals surface area contributed by atoms with E-state index in [1.807, 2.05) is 11.0 Å². The second-order valence-corrected chi connectivity index (χ2v) is 5.91. The van der Waals surface area contributed by atoms with Crippen molar-refractivity contribution in [3.05, 3.63) is 22.4 Å². The third-order valence-corrected chi connectivity index (χ3v) is 4.80. The Morgan fingerprint density at radius 2 is 2.11 bits per heavy atom. The maximum Gasteiger partial charge on any atom is 0.226 e. The van der Waals surface area contributed by atoms with Crippen molar-refractivity contribution in [2.75, 3.05) is 26.2 Å². The first-order chi connectivity index (χ1) is 8.79. The van der Waals surface area contributed by atoms with Gasteiger partial charge in [0.2, 0.25) is 12.3 Å². The van der Waals surface area contributed by atoms with E-state index in [9.17, 15) is 9.59 Å². The Balaban J connectivity index is 1.56. The lowest BCUT2D eigenvalue weighted by atomic mass is 10.2. The van der Waals surface area contributed by atoms with Crippen LogP contribution in [0.15, 0.2) is 17.5 Å². The van der Waals surface area contributed by atoms with Crippen molar-refractivity contribution < 1.29 is 9.59 Å². The van der Waals surface area contributed by atoms with E-state index >= 15 is 0 Å². The van der Waals surface area contributed by atoms with Crippen molar-refractivity contribution in [1.29, 1.82) is 0 Å². The van der Waals surface area contributed by atoms with Crippen LogP contribution >= 0.6 is 11.3 Å². The van der Waals surface area contributed by atoms with Crippen LogP contribution in [0.25, 0.3) is 0 Å². The van der Waals surface area contributed by atoms with Gasteiger partial charge in [-0.05, 0) is 17.9 Å². The molecule has 0 radical (unpaired) electrons. The number of thiophene rings is 1. The van der Waals surface area contributed by atoms with Gasteiger partial charge in [0.05, 0.1) is 0 Å². The first-order valence-corrected chi connectivity index (χ1v) is 7.19. The molecule has 0 spiro atoms. The van der Waals surface area contributed by atoms with Crippen LogP contribution in [0.2, 0.25) is 0 Å². The van der Waals surface area contributed by atoms with E-state index in [4.69, 9.17) is 0 Å². The van der Waals surface area contributed by atoms with Crippen LogP contribution in [-0.2, 0) is 9.59 Å². The zero-order valence-electron chi connectivity index (χ0n) is 10.1. The van der Waals surface area contributed by atoms with Crippen molar-refractivity contribution in [1.82, 2.24) is 9.80 Å². The minimum Gasteiger partial charge on any atom is -0.342 e. The molecule has 1 aliphatic heterocycles. The van der Waals surface area contributed by atoms with Crippen molar-refractivity contribution in [2.24, 2.45) is 5.92 Å². The van der Waals surface area contributed by atoms with E-state index < -0.39 is 0 Å². The Hall–Kier alpha value is -1.36. The van der Waals surface area contributed by atoms with Crippen LogP contribution in [0.4, 0.5) is 0 Å². The SMILES string of the molecule is O=CN1CCN(C(=O)C2CC2c2cccs2)CC1. The Kier molecular flexibility index (Phi) is 3.07. The predicted octanol–water partition coefficient (Wildman–Crippen LogP) is 1.15. The molecular formula is C13H16N2O2S. The van der Waals surface area contributed by atoms with Crippen molar-refractivity contribution in [2.45, 2.75) is 12.3 Å². The lowest BCUT2D eigenvalue weighted by Crippen LogP contribution is -2.48. The highest BCUT2D eigenvalue weighted by molar-refractivity contribution is 7.10. The molecule has 2 unspecified atom stereocenters. The summed E-state index contributed by atoms with van der Waals surface area (Å²) in [4.78, 5) is 27.9. The van der Waals surface area contributed by atoms with Gasteiger partial charge < -0.3 is 9.80 Å². The molecule has 0 N–H and O–H groups in total. The second kappa shape index (κ2) is 4.72. The summed E-state index contributed by atoms with van der Waals surface area (Å²) in [5.41, 5.74) is 0. The summed E-state index contributed by atoms with van der Waals surface area (Å²) in [7, 11) is 0. The molecule has 1 aliphatic carbocycles. The molecule has 18 heavy (non-hydrogen) atoms. The summed E-state index contributed by atoms with van der Waals surface area (Å²) in [6, 6.07) is 4.16. The number of amides is 2. The van der Waals surface area contributed by atoms with E-state index in [-0.39, 0.29) is 11.8 Å². The number of nitrogens with zero attached hydrogens (tertiary/aromatic N) is 2. The molecule has 0 bridgehead atoms. The van der Waals surface area contributed by atoms with E-state index in [1.165, 1.54) is 4.88 Å². The van der Waals surface area contributed by atoms with Crippen molar-refractivity contribution >= 4 is 23.7 Å². The standard InChI is InChI=1S/C13H16N2O2S/c16-9-14-3-5-15(6-4-14)13(17)11-8-10(11)12-2-1-7-18-12/h1-2,7,9-11H,3-6,8H2. The molecule has 1 saturated heterocycles. The molecule has 2 amide bonds. The molecule has 1 saturated carbocycles. The molecule has 2 atom stereocenters. The summed E-state index contributed by atoms with van der Waals surface area (Å²) < 4.78 is 0. The molecule has 5 heteroatoms. The van der Waals surface area contributed by atoms with Gasteiger partial charge in [-0.2, -0.15) is 0 Å². The van der Waals surface area contributed by atoms with Gasteiger partial charge in [-0.1, -0.05) is 6.07 Å². The maximum absolute atomic E-state index is 12.3.